The van der Waals surface area contributed by atoms with Crippen molar-refractivity contribution in [3.8, 4) is 0 Å². The Balaban J connectivity index is 3.03. The highest BCUT2D eigenvalue weighted by Crippen LogP contribution is 2.31. The zero-order valence-electron chi connectivity index (χ0n) is 11.3. The van der Waals surface area contributed by atoms with Crippen LogP contribution in [0.1, 0.15) is 25.3 Å². The number of hydrogen-bond donors (Lipinski definition) is 1. The summed E-state index contributed by atoms with van der Waals surface area (Å²) in [5.41, 5.74) is 0.435. The van der Waals surface area contributed by atoms with Crippen LogP contribution in [0.15, 0.2) is 42.5 Å². The normalized spacial score (nSPS) is 13.8. The summed E-state index contributed by atoms with van der Waals surface area (Å²) in [6.07, 6.45) is 0.452. The zero-order valence-corrected chi connectivity index (χ0v) is 11.3. The molecule has 0 aliphatic rings. The van der Waals surface area contributed by atoms with Gasteiger partial charge in [0.05, 0.1) is 6.42 Å². The van der Waals surface area contributed by atoms with Crippen molar-refractivity contribution in [1.82, 2.24) is 4.90 Å². The fourth-order valence-electron chi connectivity index (χ4n) is 1.92. The van der Waals surface area contributed by atoms with Crippen molar-refractivity contribution in [3.63, 3.8) is 0 Å². The average molecular weight is 247 g/mol. The number of rotatable bonds is 5. The van der Waals surface area contributed by atoms with Gasteiger partial charge >= 0.3 is 0 Å². The van der Waals surface area contributed by atoms with Gasteiger partial charge < -0.3 is 10.0 Å². The molecular formula is C15H21NO2. The monoisotopic (exact) mass is 247 g/mol. The van der Waals surface area contributed by atoms with Crippen molar-refractivity contribution in [3.05, 3.63) is 48.0 Å². The van der Waals surface area contributed by atoms with E-state index in [9.17, 15) is 9.90 Å². The van der Waals surface area contributed by atoms with E-state index in [1.807, 2.05) is 37.3 Å². The molecule has 18 heavy (non-hydrogen) atoms. The number of hydrogen-bond acceptors (Lipinski definition) is 2. The molecule has 98 valence electrons. The first kappa shape index (κ1) is 14.5. The second-order valence-electron chi connectivity index (χ2n) is 5.00. The molecule has 0 saturated carbocycles. The lowest BCUT2D eigenvalue weighted by molar-refractivity contribution is -0.134. The van der Waals surface area contributed by atoms with E-state index < -0.39 is 5.60 Å². The van der Waals surface area contributed by atoms with E-state index in [2.05, 4.69) is 6.58 Å². The molecule has 0 saturated heterocycles. The van der Waals surface area contributed by atoms with Gasteiger partial charge in [0.15, 0.2) is 0 Å². The summed E-state index contributed by atoms with van der Waals surface area (Å²) in [5.74, 6) is -0.0948. The molecule has 3 nitrogen and oxygen atoms in total. The smallest absolute Gasteiger partial charge is 0.225 e. The summed E-state index contributed by atoms with van der Waals surface area (Å²) in [5, 5.41) is 10.8. The third-order valence-electron chi connectivity index (χ3n) is 2.85. The second-order valence-corrected chi connectivity index (χ2v) is 5.00. The van der Waals surface area contributed by atoms with E-state index in [1.165, 1.54) is 4.90 Å². The lowest BCUT2D eigenvalue weighted by Gasteiger charge is -2.29. The van der Waals surface area contributed by atoms with E-state index in [4.69, 9.17) is 0 Å². The second kappa shape index (κ2) is 5.83. The van der Waals surface area contributed by atoms with Gasteiger partial charge in [0.25, 0.3) is 0 Å². The van der Waals surface area contributed by atoms with Crippen LogP contribution in [0.25, 0.3) is 0 Å². The molecule has 0 bridgehead atoms. The third kappa shape index (κ3) is 3.70. The molecule has 1 amide bonds. The van der Waals surface area contributed by atoms with Gasteiger partial charge in [-0.15, -0.1) is 6.58 Å². The Kier molecular flexibility index (Phi) is 4.68. The van der Waals surface area contributed by atoms with Gasteiger partial charge in [-0.3, -0.25) is 4.79 Å². The Hall–Kier alpha value is -1.61. The quantitative estimate of drug-likeness (QED) is 0.811. The minimum Gasteiger partial charge on any atom is -0.384 e. The third-order valence-corrected chi connectivity index (χ3v) is 2.85. The number of aliphatic hydroxyl groups is 1. The first-order valence-electron chi connectivity index (χ1n) is 5.97. The van der Waals surface area contributed by atoms with E-state index in [0.29, 0.717) is 6.42 Å². The van der Waals surface area contributed by atoms with Gasteiger partial charge in [0.2, 0.25) is 5.91 Å². The van der Waals surface area contributed by atoms with Crippen molar-refractivity contribution < 1.29 is 9.90 Å². The van der Waals surface area contributed by atoms with Crippen molar-refractivity contribution in [2.24, 2.45) is 0 Å². The predicted molar refractivity (Wildman–Crippen MR) is 73.1 cm³/mol. The lowest BCUT2D eigenvalue weighted by Crippen LogP contribution is -2.34. The highest BCUT2D eigenvalue weighted by atomic mass is 16.3. The van der Waals surface area contributed by atoms with E-state index in [1.54, 1.807) is 14.1 Å². The highest BCUT2D eigenvalue weighted by Gasteiger charge is 2.32. The van der Waals surface area contributed by atoms with Crippen molar-refractivity contribution in [2.45, 2.75) is 25.4 Å². The average Bonchev–Trinajstić information content (AvgIpc) is 2.28. The number of amides is 1. The molecule has 3 heteroatoms. The molecule has 1 N–H and O–H groups in total. The Labute approximate surface area is 109 Å². The Bertz CT molecular complexity index is 425. The van der Waals surface area contributed by atoms with Gasteiger partial charge in [-0.25, -0.2) is 0 Å². The summed E-state index contributed by atoms with van der Waals surface area (Å²) in [7, 11) is 3.38. The molecule has 0 aromatic heterocycles. The molecule has 0 fully saturated rings. The van der Waals surface area contributed by atoms with Crippen LogP contribution in [0.4, 0.5) is 0 Å². The highest BCUT2D eigenvalue weighted by molar-refractivity contribution is 5.77. The fourth-order valence-corrected chi connectivity index (χ4v) is 1.92. The first-order chi connectivity index (χ1) is 8.35. The lowest BCUT2D eigenvalue weighted by atomic mass is 9.84. The first-order valence-corrected chi connectivity index (χ1v) is 5.97. The number of benzene rings is 1. The van der Waals surface area contributed by atoms with Crippen LogP contribution in [-0.2, 0) is 10.4 Å². The largest absolute Gasteiger partial charge is 0.384 e. The fraction of sp³-hybridized carbons (Fsp3) is 0.400. The molecule has 0 aliphatic carbocycles. The van der Waals surface area contributed by atoms with Crippen molar-refractivity contribution in [2.75, 3.05) is 14.1 Å². The van der Waals surface area contributed by atoms with Crippen molar-refractivity contribution in [1.29, 1.82) is 0 Å². The Morgan fingerprint density at radius 1 is 1.28 bits per heavy atom. The van der Waals surface area contributed by atoms with Crippen LogP contribution in [0.3, 0.4) is 0 Å². The molecule has 0 spiro atoms. The molecule has 1 aromatic carbocycles. The predicted octanol–water partition coefficient (Wildman–Crippen LogP) is 2.32. The molecule has 0 aliphatic heterocycles. The maximum atomic E-state index is 11.8. The van der Waals surface area contributed by atoms with E-state index in [-0.39, 0.29) is 12.3 Å². The van der Waals surface area contributed by atoms with Gasteiger partial charge in [0.1, 0.15) is 5.60 Å². The number of carbonyl (C=O) groups excluding carboxylic acids is 1. The molecule has 1 unspecified atom stereocenters. The summed E-state index contributed by atoms with van der Waals surface area (Å²) in [4.78, 5) is 13.3. The number of nitrogens with zero attached hydrogens (tertiary/aromatic N) is 1. The SMILES string of the molecule is C=C(C)CC(O)(CC(=O)N(C)C)c1ccccc1. The number of carbonyl (C=O) groups is 1. The van der Waals surface area contributed by atoms with Gasteiger partial charge in [-0.2, -0.15) is 0 Å². The minimum atomic E-state index is -1.17. The standard InChI is InChI=1S/C15H21NO2/c1-12(2)10-15(18,11-14(17)16(3)4)13-8-6-5-7-9-13/h5-9,18H,1,10-11H2,2-4H3. The molecule has 0 heterocycles. The van der Waals surface area contributed by atoms with Gasteiger partial charge in [0, 0.05) is 20.5 Å². The Morgan fingerprint density at radius 3 is 2.28 bits per heavy atom. The molecular weight excluding hydrogens is 226 g/mol. The zero-order chi connectivity index (χ0) is 13.8. The maximum Gasteiger partial charge on any atom is 0.225 e. The minimum absolute atomic E-state index is 0.0663. The van der Waals surface area contributed by atoms with Crippen LogP contribution < -0.4 is 0 Å². The van der Waals surface area contributed by atoms with Crippen LogP contribution in [0.5, 0.6) is 0 Å². The summed E-state index contributed by atoms with van der Waals surface area (Å²) >= 11 is 0. The van der Waals surface area contributed by atoms with E-state index in [0.717, 1.165) is 11.1 Å². The maximum absolute atomic E-state index is 11.8. The summed E-state index contributed by atoms with van der Waals surface area (Å²) in [6.45, 7) is 5.69. The van der Waals surface area contributed by atoms with Crippen molar-refractivity contribution >= 4 is 5.91 Å². The Morgan fingerprint density at radius 2 is 1.83 bits per heavy atom. The van der Waals surface area contributed by atoms with Crippen LogP contribution in [0.2, 0.25) is 0 Å². The van der Waals surface area contributed by atoms with Crippen LogP contribution in [-0.4, -0.2) is 30.0 Å². The molecule has 1 aromatic rings. The molecule has 0 radical (unpaired) electrons. The van der Waals surface area contributed by atoms with Gasteiger partial charge in [-0.1, -0.05) is 35.9 Å². The van der Waals surface area contributed by atoms with Gasteiger partial charge in [-0.05, 0) is 12.5 Å². The molecule has 1 rings (SSSR count). The van der Waals surface area contributed by atoms with Crippen LogP contribution in [0, 0.1) is 0 Å². The summed E-state index contributed by atoms with van der Waals surface area (Å²) < 4.78 is 0. The van der Waals surface area contributed by atoms with Crippen LogP contribution >= 0.6 is 0 Å². The topological polar surface area (TPSA) is 40.5 Å². The molecule has 1 atom stereocenters. The van der Waals surface area contributed by atoms with E-state index >= 15 is 0 Å². The summed E-state index contributed by atoms with van der Waals surface area (Å²) in [6, 6.07) is 9.29.